The van der Waals surface area contributed by atoms with Crippen molar-refractivity contribution in [3.63, 3.8) is 0 Å². The number of piperidine rings is 4. The van der Waals surface area contributed by atoms with Gasteiger partial charge in [0, 0.05) is 132 Å². The van der Waals surface area contributed by atoms with Crippen molar-refractivity contribution in [3.05, 3.63) is 332 Å². The van der Waals surface area contributed by atoms with E-state index in [0.717, 1.165) is 70.2 Å². The van der Waals surface area contributed by atoms with E-state index in [4.69, 9.17) is 34.5 Å². The van der Waals surface area contributed by atoms with Crippen LogP contribution in [-0.2, 0) is 19.2 Å². The van der Waals surface area contributed by atoms with Gasteiger partial charge in [0.15, 0.2) is 0 Å². The molecule has 0 radical (unpaired) electrons. The van der Waals surface area contributed by atoms with Crippen LogP contribution in [0.1, 0.15) is 213 Å². The van der Waals surface area contributed by atoms with Crippen molar-refractivity contribution in [3.8, 4) is 44.5 Å². The van der Waals surface area contributed by atoms with Crippen LogP contribution in [0.4, 0.5) is 40.8 Å². The number of nitrogens with zero attached hydrogens (tertiary/aromatic N) is 8. The van der Waals surface area contributed by atoms with Gasteiger partial charge >= 0.3 is 0 Å². The highest BCUT2D eigenvalue weighted by molar-refractivity contribution is 6.30. The Bertz CT molecular complexity index is 5860. The van der Waals surface area contributed by atoms with Gasteiger partial charge in [-0.05, 0) is 229 Å². The molecule has 0 saturated carbocycles. The van der Waals surface area contributed by atoms with E-state index in [1.807, 2.05) is 149 Å². The molecule has 4 aromatic heterocycles. The third-order valence-corrected chi connectivity index (χ3v) is 25.3. The van der Waals surface area contributed by atoms with Crippen molar-refractivity contribution in [1.82, 2.24) is 60.8 Å². The van der Waals surface area contributed by atoms with Gasteiger partial charge in [-0.3, -0.25) is 38.4 Å². The van der Waals surface area contributed by atoms with Crippen molar-refractivity contribution >= 4 is 82.1 Å². The fourth-order valence-corrected chi connectivity index (χ4v) is 16.8. The van der Waals surface area contributed by atoms with E-state index in [2.05, 4.69) is 41.2 Å². The molecule has 8 atom stereocenters. The molecule has 2 unspecified atom stereocenters. The average molecular weight is 1820 g/mol. The predicted molar refractivity (Wildman–Crippen MR) is 509 cm³/mol. The van der Waals surface area contributed by atoms with Crippen molar-refractivity contribution in [2.24, 2.45) is 0 Å². The summed E-state index contributed by atoms with van der Waals surface area (Å²) in [6.45, 7) is 10.1. The van der Waals surface area contributed by atoms with Gasteiger partial charge in [0.25, 0.3) is 23.6 Å². The number of hydrogen-bond donors (Lipinski definition) is 8. The van der Waals surface area contributed by atoms with E-state index < -0.39 is 46.9 Å². The molecule has 4 fully saturated rings. The fraction of sp³-hybridized carbons (Fsp3) is 0.269. The van der Waals surface area contributed by atoms with Crippen LogP contribution >= 0.6 is 11.6 Å². The molecule has 12 aromatic rings. The number of nitrogens with one attached hydrogen (secondary N) is 4. The van der Waals surface area contributed by atoms with Crippen LogP contribution in [-0.4, -0.2) is 141 Å². The number of pyridine rings is 4. The number of likely N-dealkylation sites (tertiary alicyclic amines) is 4. The van der Waals surface area contributed by atoms with E-state index in [1.165, 1.54) is 48.5 Å². The number of amides is 8. The summed E-state index contributed by atoms with van der Waals surface area (Å²) in [6.07, 6.45) is 11.7. The van der Waals surface area contributed by atoms with Crippen LogP contribution in [0.5, 0.6) is 0 Å². The van der Waals surface area contributed by atoms with Gasteiger partial charge in [0.05, 0.1) is 46.4 Å². The molecular formula is C104H107ClF4N16O8. The normalized spacial score (nSPS) is 17.0. The number of nitrogen functional groups attached to an aromatic ring is 4. The lowest BCUT2D eigenvalue weighted by Gasteiger charge is -2.29. The Morgan fingerprint density at radius 3 is 0.767 bits per heavy atom. The largest absolute Gasteiger partial charge is 0.383 e. The quantitative estimate of drug-likeness (QED) is 0.0329. The first-order valence-corrected chi connectivity index (χ1v) is 44.4. The first-order valence-electron chi connectivity index (χ1n) is 44.0. The van der Waals surface area contributed by atoms with E-state index in [0.29, 0.717) is 101 Å². The van der Waals surface area contributed by atoms with E-state index >= 15 is 0 Å². The van der Waals surface area contributed by atoms with Crippen molar-refractivity contribution in [1.29, 1.82) is 0 Å². The molecule has 0 spiro atoms. The van der Waals surface area contributed by atoms with E-state index in [9.17, 15) is 55.9 Å². The standard InChI is InChI=1S/C26H26ClFN4O2.3C26H27FN4O2/c1-15(16-4-3-5-20(27)10-16)31-26(34)21-7-6-18(12-23(21)28)22-11-19(14-30-25(22)29)17-8-9-32(2)24(33)13-17;3*1-16(17-6-4-3-5-7-17)30-26(33)21-9-8-19(13-23(21)27)22-12-20(15-29-25(22)28)18-10-11-31(2)24(32)14-18/h3-7,10-12,14-15,17H,8-9,13H2,1-2H3,(H2,29,30)(H,31,34);3*3-9,12-13,15-16,18H,10-11,14H2,1-2H3,(H2,28,29)(H,30,33)/t15-,17?;16-,18?;16-,18+;16-,18-/m1111/s1. The number of rotatable bonds is 20. The summed E-state index contributed by atoms with van der Waals surface area (Å²) in [5.74, 6) is -2.92. The molecule has 0 aliphatic carbocycles. The second-order valence-corrected chi connectivity index (χ2v) is 34.6. The number of hydrogen-bond acceptors (Lipinski definition) is 16. The molecule has 0 bridgehead atoms. The zero-order valence-electron chi connectivity index (χ0n) is 75.2. The Labute approximate surface area is 775 Å². The highest BCUT2D eigenvalue weighted by Gasteiger charge is 2.32. The summed E-state index contributed by atoms with van der Waals surface area (Å²) >= 11 is 6.02. The van der Waals surface area contributed by atoms with E-state index in [-0.39, 0.29) is 117 Å². The maximum atomic E-state index is 15.0. The van der Waals surface area contributed by atoms with Crippen LogP contribution in [0.2, 0.25) is 5.02 Å². The zero-order valence-corrected chi connectivity index (χ0v) is 75.9. The number of halogens is 5. The first kappa shape index (κ1) is 95.9. The van der Waals surface area contributed by atoms with Crippen molar-refractivity contribution in [2.75, 3.05) is 77.3 Å². The Balaban J connectivity index is 0.000000151. The third-order valence-electron chi connectivity index (χ3n) is 25.0. The number of anilines is 4. The summed E-state index contributed by atoms with van der Waals surface area (Å²) < 4.78 is 59.8. The predicted octanol–water partition coefficient (Wildman–Crippen LogP) is 17.8. The number of carbonyl (C=O) groups excluding carboxylic acids is 8. The average Bonchev–Trinajstić information content (AvgIpc) is 0.806. The third kappa shape index (κ3) is 23.9. The van der Waals surface area contributed by atoms with Gasteiger partial charge in [-0.2, -0.15) is 0 Å². The molecule has 8 amide bonds. The molecule has 4 aliphatic heterocycles. The lowest BCUT2D eigenvalue weighted by molar-refractivity contribution is -0.133. The second kappa shape index (κ2) is 43.4. The van der Waals surface area contributed by atoms with Gasteiger partial charge in [-0.25, -0.2) is 37.5 Å². The lowest BCUT2D eigenvalue weighted by atomic mass is 9.88. The monoisotopic (exact) mass is 1820 g/mol. The van der Waals surface area contributed by atoms with Crippen molar-refractivity contribution < 1.29 is 55.9 Å². The summed E-state index contributed by atoms with van der Waals surface area (Å²) in [7, 11) is 7.19. The highest BCUT2D eigenvalue weighted by atomic mass is 35.5. The van der Waals surface area contributed by atoms with Gasteiger partial charge in [0.1, 0.15) is 46.5 Å². The highest BCUT2D eigenvalue weighted by Crippen LogP contribution is 2.40. The Morgan fingerprint density at radius 1 is 0.323 bits per heavy atom. The fourth-order valence-electron chi connectivity index (χ4n) is 16.6. The summed E-state index contributed by atoms with van der Waals surface area (Å²) in [6, 6.07) is 59.7. The number of aromatic nitrogens is 4. The van der Waals surface area contributed by atoms with Crippen LogP contribution in [0.15, 0.2) is 237 Å². The van der Waals surface area contributed by atoms with E-state index in [1.54, 1.807) is 115 Å². The second-order valence-electron chi connectivity index (χ2n) is 34.2. The van der Waals surface area contributed by atoms with Crippen molar-refractivity contribution in [2.45, 2.75) is 127 Å². The minimum absolute atomic E-state index is 0.0369. The van der Waals surface area contributed by atoms with Gasteiger partial charge < -0.3 is 63.8 Å². The maximum Gasteiger partial charge on any atom is 0.254 e. The minimum atomic E-state index is -0.660. The Morgan fingerprint density at radius 2 is 0.549 bits per heavy atom. The molecule has 8 aromatic carbocycles. The molecule has 4 saturated heterocycles. The van der Waals surface area contributed by atoms with Crippen LogP contribution < -0.4 is 44.2 Å². The van der Waals surface area contributed by atoms with Gasteiger partial charge in [0.2, 0.25) is 23.6 Å². The molecule has 8 heterocycles. The molecule has 12 N–H and O–H groups in total. The SMILES string of the molecule is C[C@@H](NC(=O)c1ccc(-c2cc(C3CCN(C)C(=O)C3)cnc2N)cc1F)c1cccc(Cl)c1.C[C@@H](NC(=O)c1ccc(-c2cc(C3CCN(C)C(=O)C3)cnc2N)cc1F)c1ccccc1.C[C@@H](NC(=O)c1ccc(-c2cc([C@@H]3CCN(C)C(=O)C3)cnc2N)cc1F)c1ccccc1.C[C@@H](NC(=O)c1ccc(-c2cc([C@H]3CCN(C)C(=O)C3)cnc2N)cc1F)c1ccccc1. The van der Waals surface area contributed by atoms with Gasteiger partial charge in [-0.15, -0.1) is 0 Å². The number of nitrogens with two attached hydrogens (primary N) is 4. The Kier molecular flexibility index (Phi) is 31.3. The molecule has 686 valence electrons. The molecule has 133 heavy (non-hydrogen) atoms. The summed E-state index contributed by atoms with van der Waals surface area (Å²) in [5, 5.41) is 11.9. The number of carbonyl (C=O) groups is 8. The Hall–Kier alpha value is -14.7. The zero-order chi connectivity index (χ0) is 95.0. The molecular weight excluding hydrogens is 1710 g/mol. The summed E-state index contributed by atoms with van der Waals surface area (Å²) in [4.78, 5) is 123. The maximum absolute atomic E-state index is 15.0. The van der Waals surface area contributed by atoms with Crippen LogP contribution in [0, 0.1) is 23.3 Å². The van der Waals surface area contributed by atoms with Gasteiger partial charge in [-0.1, -0.05) is 139 Å². The number of benzene rings is 8. The smallest absolute Gasteiger partial charge is 0.254 e. The topological polar surface area (TPSA) is 353 Å². The first-order chi connectivity index (χ1) is 63.7. The van der Waals surface area contributed by atoms with Crippen LogP contribution in [0.3, 0.4) is 0 Å². The lowest BCUT2D eigenvalue weighted by Crippen LogP contribution is -2.34. The molecule has 16 rings (SSSR count). The summed E-state index contributed by atoms with van der Waals surface area (Å²) in [5.41, 5.74) is 35.9. The minimum Gasteiger partial charge on any atom is -0.383 e. The molecule has 4 aliphatic rings. The van der Waals surface area contributed by atoms with Crippen LogP contribution in [0.25, 0.3) is 44.5 Å². The molecule has 29 heteroatoms. The molecule has 24 nitrogen and oxygen atoms in total.